The van der Waals surface area contributed by atoms with Crippen molar-refractivity contribution in [2.45, 2.75) is 45.3 Å². The van der Waals surface area contributed by atoms with Crippen LogP contribution in [0.5, 0.6) is 0 Å². The Kier molecular flexibility index (Phi) is 5.20. The molecule has 1 aliphatic heterocycles. The molecule has 2 N–H and O–H groups in total. The summed E-state index contributed by atoms with van der Waals surface area (Å²) in [5.74, 6) is -1.34. The van der Waals surface area contributed by atoms with E-state index in [9.17, 15) is 24.3 Å². The summed E-state index contributed by atoms with van der Waals surface area (Å²) in [5.41, 5.74) is -1.11. The average molecular weight is 342 g/mol. The normalized spacial score (nSPS) is 26.2. The standard InChI is InChI=1S/C14H18N2O8/c1-6-4-16(14(21)15-12(6)20)13-11(23-8(3)19)10(22-7(2)18)9(5-17)24-13/h4,9-11,13,17H,5H2,1-3H3,(H,15,20,21)/t9-,10-,11-,13-/m1/s1. The molecule has 0 aliphatic carbocycles. The molecule has 1 saturated heterocycles. The van der Waals surface area contributed by atoms with Crippen molar-refractivity contribution in [2.75, 3.05) is 6.61 Å². The largest absolute Gasteiger partial charge is 0.456 e. The number of esters is 2. The highest BCUT2D eigenvalue weighted by Crippen LogP contribution is 2.33. The molecule has 0 aromatic carbocycles. The quantitative estimate of drug-likeness (QED) is 0.637. The molecule has 24 heavy (non-hydrogen) atoms. The van der Waals surface area contributed by atoms with E-state index in [1.165, 1.54) is 13.1 Å². The van der Waals surface area contributed by atoms with Gasteiger partial charge in [0.05, 0.1) is 6.61 Å². The molecular weight excluding hydrogens is 324 g/mol. The highest BCUT2D eigenvalue weighted by Gasteiger charge is 2.50. The molecule has 4 atom stereocenters. The van der Waals surface area contributed by atoms with Crippen LogP contribution in [0.15, 0.2) is 15.8 Å². The Labute approximate surface area is 136 Å². The summed E-state index contributed by atoms with van der Waals surface area (Å²) in [6.45, 7) is 3.26. The zero-order chi connectivity index (χ0) is 18.0. The number of ether oxygens (including phenoxy) is 3. The van der Waals surface area contributed by atoms with E-state index in [-0.39, 0.29) is 5.56 Å². The zero-order valence-corrected chi connectivity index (χ0v) is 13.3. The smallest absolute Gasteiger partial charge is 0.330 e. The average Bonchev–Trinajstić information content (AvgIpc) is 2.79. The second-order valence-corrected chi connectivity index (χ2v) is 5.37. The fourth-order valence-electron chi connectivity index (χ4n) is 2.51. The van der Waals surface area contributed by atoms with Gasteiger partial charge in [0.15, 0.2) is 18.4 Å². The molecule has 10 nitrogen and oxygen atoms in total. The Hall–Kier alpha value is -2.46. The van der Waals surface area contributed by atoms with Crippen LogP contribution in [0.3, 0.4) is 0 Å². The Bertz CT molecular complexity index is 752. The zero-order valence-electron chi connectivity index (χ0n) is 13.3. The van der Waals surface area contributed by atoms with Crippen molar-refractivity contribution in [3.05, 3.63) is 32.6 Å². The van der Waals surface area contributed by atoms with Gasteiger partial charge in [-0.3, -0.25) is 23.9 Å². The number of aromatic amines is 1. The lowest BCUT2D eigenvalue weighted by atomic mass is 10.1. The number of hydrogen-bond donors (Lipinski definition) is 2. The SMILES string of the molecule is CC(=O)O[C@@H]1[C@H](OC(C)=O)[C@@H](CO)O[C@H]1n1cc(C)c(=O)[nH]c1=O. The lowest BCUT2D eigenvalue weighted by Crippen LogP contribution is -2.42. The van der Waals surface area contributed by atoms with Gasteiger partial charge in [0.1, 0.15) is 6.10 Å². The fraction of sp³-hybridized carbons (Fsp3) is 0.571. The number of nitrogens with one attached hydrogen (secondary N) is 1. The van der Waals surface area contributed by atoms with E-state index >= 15 is 0 Å². The van der Waals surface area contributed by atoms with Crippen molar-refractivity contribution in [3.8, 4) is 0 Å². The maximum atomic E-state index is 12.1. The highest BCUT2D eigenvalue weighted by molar-refractivity contribution is 5.67. The van der Waals surface area contributed by atoms with Gasteiger partial charge in [-0.2, -0.15) is 0 Å². The van der Waals surface area contributed by atoms with Crippen LogP contribution in [0.4, 0.5) is 0 Å². The summed E-state index contributed by atoms with van der Waals surface area (Å²) in [6.07, 6.45) is -3.18. The van der Waals surface area contributed by atoms with Crippen LogP contribution < -0.4 is 11.2 Å². The van der Waals surface area contributed by atoms with Gasteiger partial charge in [0.25, 0.3) is 5.56 Å². The molecule has 1 aromatic heterocycles. The van der Waals surface area contributed by atoms with Gasteiger partial charge < -0.3 is 19.3 Å². The topological polar surface area (TPSA) is 137 Å². The number of hydrogen-bond acceptors (Lipinski definition) is 8. The van der Waals surface area contributed by atoms with E-state index in [4.69, 9.17) is 14.2 Å². The predicted octanol–water partition coefficient (Wildman–Crippen LogP) is -1.40. The minimum absolute atomic E-state index is 0.233. The highest BCUT2D eigenvalue weighted by atomic mass is 16.6. The molecule has 0 radical (unpaired) electrons. The molecule has 2 heterocycles. The predicted molar refractivity (Wildman–Crippen MR) is 78.2 cm³/mol. The summed E-state index contributed by atoms with van der Waals surface area (Å²) in [4.78, 5) is 48.3. The van der Waals surface area contributed by atoms with Crippen molar-refractivity contribution in [1.29, 1.82) is 0 Å². The first kappa shape index (κ1) is 17.9. The van der Waals surface area contributed by atoms with Crippen molar-refractivity contribution in [1.82, 2.24) is 9.55 Å². The van der Waals surface area contributed by atoms with Gasteiger partial charge in [0.2, 0.25) is 0 Å². The first-order valence-electron chi connectivity index (χ1n) is 7.17. The van der Waals surface area contributed by atoms with E-state index in [0.29, 0.717) is 0 Å². The lowest BCUT2D eigenvalue weighted by Gasteiger charge is -2.23. The Morgan fingerprint density at radius 3 is 2.38 bits per heavy atom. The van der Waals surface area contributed by atoms with Crippen molar-refractivity contribution < 1.29 is 28.9 Å². The van der Waals surface area contributed by atoms with E-state index in [0.717, 1.165) is 18.4 Å². The van der Waals surface area contributed by atoms with Crippen LogP contribution in [0, 0.1) is 6.92 Å². The summed E-state index contributed by atoms with van der Waals surface area (Å²) in [6, 6.07) is 0. The van der Waals surface area contributed by atoms with E-state index in [1.807, 2.05) is 0 Å². The molecule has 10 heteroatoms. The molecule has 0 spiro atoms. The summed E-state index contributed by atoms with van der Waals surface area (Å²) < 4.78 is 16.8. The van der Waals surface area contributed by atoms with Crippen LogP contribution in [0.2, 0.25) is 0 Å². The first-order valence-corrected chi connectivity index (χ1v) is 7.17. The summed E-state index contributed by atoms with van der Waals surface area (Å²) in [5, 5.41) is 9.43. The number of aliphatic hydroxyl groups is 1. The van der Waals surface area contributed by atoms with Gasteiger partial charge in [0, 0.05) is 25.6 Å². The molecule has 1 aromatic rings. The van der Waals surface area contributed by atoms with Crippen LogP contribution in [-0.4, -0.2) is 51.5 Å². The van der Waals surface area contributed by atoms with Gasteiger partial charge in [-0.25, -0.2) is 4.79 Å². The van der Waals surface area contributed by atoms with E-state index < -0.39 is 54.3 Å². The maximum absolute atomic E-state index is 12.1. The minimum atomic E-state index is -1.17. The Morgan fingerprint density at radius 1 is 1.25 bits per heavy atom. The number of carbonyl (C=O) groups excluding carboxylic acids is 2. The number of nitrogens with zero attached hydrogens (tertiary/aromatic N) is 1. The third-order valence-electron chi connectivity index (χ3n) is 3.49. The number of aryl methyl sites for hydroxylation is 1. The van der Waals surface area contributed by atoms with Crippen molar-refractivity contribution in [3.63, 3.8) is 0 Å². The van der Waals surface area contributed by atoms with Gasteiger partial charge in [-0.1, -0.05) is 0 Å². The number of H-pyrrole nitrogens is 1. The lowest BCUT2D eigenvalue weighted by molar-refractivity contribution is -0.165. The van der Waals surface area contributed by atoms with E-state index in [2.05, 4.69) is 4.98 Å². The number of aliphatic hydroxyl groups excluding tert-OH is 1. The van der Waals surface area contributed by atoms with Crippen LogP contribution in [0.25, 0.3) is 0 Å². The van der Waals surface area contributed by atoms with Gasteiger partial charge >= 0.3 is 17.6 Å². The molecule has 1 aliphatic rings. The number of aromatic nitrogens is 2. The molecular formula is C14H18N2O8. The monoisotopic (exact) mass is 342 g/mol. The summed E-state index contributed by atoms with van der Waals surface area (Å²) >= 11 is 0. The minimum Gasteiger partial charge on any atom is -0.456 e. The van der Waals surface area contributed by atoms with Crippen LogP contribution in [0.1, 0.15) is 25.6 Å². The second-order valence-electron chi connectivity index (χ2n) is 5.37. The third-order valence-corrected chi connectivity index (χ3v) is 3.49. The molecule has 0 bridgehead atoms. The molecule has 132 valence electrons. The third kappa shape index (κ3) is 3.54. The number of carbonyl (C=O) groups is 2. The Balaban J connectivity index is 2.48. The van der Waals surface area contributed by atoms with E-state index in [1.54, 1.807) is 0 Å². The molecule has 0 unspecified atom stereocenters. The molecule has 0 amide bonds. The van der Waals surface area contributed by atoms with Crippen LogP contribution >= 0.6 is 0 Å². The van der Waals surface area contributed by atoms with Gasteiger partial charge in [-0.15, -0.1) is 0 Å². The Morgan fingerprint density at radius 2 is 1.83 bits per heavy atom. The molecule has 1 fully saturated rings. The fourth-order valence-corrected chi connectivity index (χ4v) is 2.51. The van der Waals surface area contributed by atoms with Crippen molar-refractivity contribution >= 4 is 11.9 Å². The maximum Gasteiger partial charge on any atom is 0.330 e. The number of rotatable bonds is 4. The van der Waals surface area contributed by atoms with Crippen LogP contribution in [-0.2, 0) is 23.8 Å². The second kappa shape index (κ2) is 6.97. The van der Waals surface area contributed by atoms with Crippen molar-refractivity contribution in [2.24, 2.45) is 0 Å². The molecule has 0 saturated carbocycles. The summed E-state index contributed by atoms with van der Waals surface area (Å²) in [7, 11) is 0. The van der Waals surface area contributed by atoms with Gasteiger partial charge in [-0.05, 0) is 6.92 Å². The first-order chi connectivity index (χ1) is 11.2. The molecule has 2 rings (SSSR count).